The Labute approximate surface area is 111 Å². The van der Waals surface area contributed by atoms with E-state index < -0.39 is 0 Å². The van der Waals surface area contributed by atoms with E-state index >= 15 is 0 Å². The van der Waals surface area contributed by atoms with Gasteiger partial charge in [-0.3, -0.25) is 0 Å². The summed E-state index contributed by atoms with van der Waals surface area (Å²) in [6.45, 7) is 11.5. The van der Waals surface area contributed by atoms with Gasteiger partial charge in [0.15, 0.2) is 0 Å². The topological polar surface area (TPSA) is 9.23 Å². The van der Waals surface area contributed by atoms with E-state index in [4.69, 9.17) is 4.74 Å². The lowest BCUT2D eigenvalue weighted by Gasteiger charge is -2.23. The maximum Gasteiger partial charge on any atom is 0.119 e. The Morgan fingerprint density at radius 2 is 1.78 bits per heavy atom. The van der Waals surface area contributed by atoms with Crippen LogP contribution in [-0.2, 0) is 0 Å². The van der Waals surface area contributed by atoms with E-state index in [1.807, 2.05) is 30.3 Å². The summed E-state index contributed by atoms with van der Waals surface area (Å²) in [6.07, 6.45) is 4.34. The number of benzene rings is 1. The van der Waals surface area contributed by atoms with Crippen molar-refractivity contribution in [2.45, 2.75) is 34.6 Å². The molecule has 0 N–H and O–H groups in total. The Morgan fingerprint density at radius 1 is 1.17 bits per heavy atom. The first kappa shape index (κ1) is 14.6. The summed E-state index contributed by atoms with van der Waals surface area (Å²) in [5, 5.41) is 0. The zero-order chi connectivity index (χ0) is 13.6. The third-order valence-corrected chi connectivity index (χ3v) is 2.96. The monoisotopic (exact) mass is 244 g/mol. The lowest BCUT2D eigenvalue weighted by molar-refractivity contribution is 0.315. The summed E-state index contributed by atoms with van der Waals surface area (Å²) in [5.41, 5.74) is 2.71. The molecule has 0 spiro atoms. The molecule has 0 radical (unpaired) electrons. The predicted molar refractivity (Wildman–Crippen MR) is 78.9 cm³/mol. The van der Waals surface area contributed by atoms with E-state index in [1.165, 1.54) is 11.1 Å². The minimum absolute atomic E-state index is 0.124. The minimum atomic E-state index is 0.124. The van der Waals surface area contributed by atoms with Gasteiger partial charge in [0.05, 0.1) is 0 Å². The Morgan fingerprint density at radius 3 is 2.28 bits per heavy atom. The van der Waals surface area contributed by atoms with E-state index in [0.717, 1.165) is 5.75 Å². The third kappa shape index (κ3) is 4.79. The third-order valence-electron chi connectivity index (χ3n) is 2.96. The standard InChI is InChI=1S/C17H24O/c1-6-14(2)12-15(17(3,4)5)13-18-16-10-8-7-9-11-16/h6-12H,13H2,1-5H3. The van der Waals surface area contributed by atoms with Crippen LogP contribution in [0.25, 0.3) is 0 Å². The SMILES string of the molecule is CC=C(C)C=C(COc1ccccc1)C(C)(C)C. The zero-order valence-electron chi connectivity index (χ0n) is 12.2. The normalized spacial score (nSPS) is 13.6. The van der Waals surface area contributed by atoms with Gasteiger partial charge in [0, 0.05) is 0 Å². The number of hydrogen-bond donors (Lipinski definition) is 0. The maximum absolute atomic E-state index is 5.84. The highest BCUT2D eigenvalue weighted by atomic mass is 16.5. The van der Waals surface area contributed by atoms with E-state index in [2.05, 4.69) is 46.8 Å². The van der Waals surface area contributed by atoms with Crippen LogP contribution in [0.1, 0.15) is 34.6 Å². The fourth-order valence-corrected chi connectivity index (χ4v) is 1.51. The van der Waals surface area contributed by atoms with E-state index in [0.29, 0.717) is 6.61 Å². The Hall–Kier alpha value is -1.50. The van der Waals surface area contributed by atoms with Gasteiger partial charge in [0.25, 0.3) is 0 Å². The molecular formula is C17H24O. The molecule has 0 aromatic heterocycles. The molecule has 0 aliphatic rings. The van der Waals surface area contributed by atoms with Crippen molar-refractivity contribution in [3.63, 3.8) is 0 Å². The van der Waals surface area contributed by atoms with Crippen LogP contribution in [-0.4, -0.2) is 6.61 Å². The highest BCUT2D eigenvalue weighted by Crippen LogP contribution is 2.27. The van der Waals surface area contributed by atoms with Crippen molar-refractivity contribution < 1.29 is 4.74 Å². The molecule has 0 aliphatic carbocycles. The van der Waals surface area contributed by atoms with Gasteiger partial charge in [0.1, 0.15) is 12.4 Å². The second kappa shape index (κ2) is 6.44. The van der Waals surface area contributed by atoms with Gasteiger partial charge in [-0.05, 0) is 37.0 Å². The van der Waals surface area contributed by atoms with Crippen LogP contribution in [0.15, 0.2) is 53.6 Å². The van der Waals surface area contributed by atoms with E-state index in [1.54, 1.807) is 0 Å². The molecular weight excluding hydrogens is 220 g/mol. The van der Waals surface area contributed by atoms with Crippen LogP contribution >= 0.6 is 0 Å². The highest BCUT2D eigenvalue weighted by Gasteiger charge is 2.17. The zero-order valence-corrected chi connectivity index (χ0v) is 12.2. The molecule has 1 aromatic carbocycles. The van der Waals surface area contributed by atoms with Crippen LogP contribution in [0.3, 0.4) is 0 Å². The number of para-hydroxylation sites is 1. The van der Waals surface area contributed by atoms with Crippen molar-refractivity contribution in [3.8, 4) is 5.75 Å². The molecule has 0 heterocycles. The van der Waals surface area contributed by atoms with Crippen molar-refractivity contribution in [1.82, 2.24) is 0 Å². The molecule has 0 amide bonds. The smallest absolute Gasteiger partial charge is 0.119 e. The minimum Gasteiger partial charge on any atom is -0.489 e. The predicted octanol–water partition coefficient (Wildman–Crippen LogP) is 5.00. The molecule has 98 valence electrons. The van der Waals surface area contributed by atoms with Gasteiger partial charge in [-0.1, -0.05) is 56.7 Å². The summed E-state index contributed by atoms with van der Waals surface area (Å²) in [7, 11) is 0. The first-order valence-corrected chi connectivity index (χ1v) is 6.45. The molecule has 0 unspecified atom stereocenters. The van der Waals surface area contributed by atoms with Gasteiger partial charge in [-0.15, -0.1) is 0 Å². The largest absolute Gasteiger partial charge is 0.489 e. The van der Waals surface area contributed by atoms with Crippen molar-refractivity contribution >= 4 is 0 Å². The van der Waals surface area contributed by atoms with Gasteiger partial charge in [-0.2, -0.15) is 0 Å². The number of ether oxygens (including phenoxy) is 1. The lowest BCUT2D eigenvalue weighted by atomic mass is 9.85. The van der Waals surface area contributed by atoms with E-state index in [9.17, 15) is 0 Å². The summed E-state index contributed by atoms with van der Waals surface area (Å²) in [6, 6.07) is 9.96. The number of allylic oxidation sites excluding steroid dienone is 3. The number of rotatable bonds is 4. The molecule has 1 heteroatoms. The van der Waals surface area contributed by atoms with Crippen LogP contribution in [0, 0.1) is 5.41 Å². The molecule has 0 atom stereocenters. The fraction of sp³-hybridized carbons (Fsp3) is 0.412. The van der Waals surface area contributed by atoms with Gasteiger partial charge in [0.2, 0.25) is 0 Å². The van der Waals surface area contributed by atoms with Gasteiger partial charge >= 0.3 is 0 Å². The average Bonchev–Trinajstić information content (AvgIpc) is 2.34. The first-order valence-electron chi connectivity index (χ1n) is 6.45. The van der Waals surface area contributed by atoms with Crippen LogP contribution in [0.5, 0.6) is 5.75 Å². The summed E-state index contributed by atoms with van der Waals surface area (Å²) in [5.74, 6) is 0.922. The lowest BCUT2D eigenvalue weighted by Crippen LogP contribution is -2.16. The average molecular weight is 244 g/mol. The second-order valence-corrected chi connectivity index (χ2v) is 5.55. The Bertz CT molecular complexity index is 419. The molecule has 0 fully saturated rings. The molecule has 1 nitrogen and oxygen atoms in total. The Balaban J connectivity index is 2.78. The molecule has 0 saturated carbocycles. The second-order valence-electron chi connectivity index (χ2n) is 5.55. The molecule has 0 bridgehead atoms. The van der Waals surface area contributed by atoms with Crippen molar-refractivity contribution in [3.05, 3.63) is 53.6 Å². The van der Waals surface area contributed by atoms with E-state index in [-0.39, 0.29) is 5.41 Å². The van der Waals surface area contributed by atoms with Crippen LogP contribution < -0.4 is 4.74 Å². The maximum atomic E-state index is 5.84. The molecule has 1 rings (SSSR count). The van der Waals surface area contributed by atoms with Crippen molar-refractivity contribution in [1.29, 1.82) is 0 Å². The summed E-state index contributed by atoms with van der Waals surface area (Å²) < 4.78 is 5.84. The first-order chi connectivity index (χ1) is 8.43. The van der Waals surface area contributed by atoms with Crippen molar-refractivity contribution in [2.75, 3.05) is 6.61 Å². The molecule has 1 aromatic rings. The van der Waals surface area contributed by atoms with Gasteiger partial charge < -0.3 is 4.74 Å². The summed E-state index contributed by atoms with van der Waals surface area (Å²) in [4.78, 5) is 0. The molecule has 0 saturated heterocycles. The quantitative estimate of drug-likeness (QED) is 0.677. The highest BCUT2D eigenvalue weighted by molar-refractivity contribution is 5.27. The van der Waals surface area contributed by atoms with Crippen molar-refractivity contribution in [2.24, 2.45) is 5.41 Å². The number of hydrogen-bond acceptors (Lipinski definition) is 1. The Kier molecular flexibility index (Phi) is 5.21. The summed E-state index contributed by atoms with van der Waals surface area (Å²) >= 11 is 0. The van der Waals surface area contributed by atoms with Gasteiger partial charge in [-0.25, -0.2) is 0 Å². The molecule has 18 heavy (non-hydrogen) atoms. The van der Waals surface area contributed by atoms with Crippen LogP contribution in [0.4, 0.5) is 0 Å². The molecule has 0 aliphatic heterocycles. The van der Waals surface area contributed by atoms with Crippen LogP contribution in [0.2, 0.25) is 0 Å². The fourth-order valence-electron chi connectivity index (χ4n) is 1.51.